The van der Waals surface area contributed by atoms with Gasteiger partial charge in [0.05, 0.1) is 19.2 Å². The number of methoxy groups -OCH3 is 2. The van der Waals surface area contributed by atoms with Crippen LogP contribution in [0, 0.1) is 5.41 Å². The molecule has 24 heavy (non-hydrogen) atoms. The van der Waals surface area contributed by atoms with Crippen LogP contribution < -0.4 is 14.8 Å². The van der Waals surface area contributed by atoms with E-state index in [2.05, 4.69) is 26.1 Å². The first-order valence-electron chi connectivity index (χ1n) is 8.15. The van der Waals surface area contributed by atoms with Crippen molar-refractivity contribution in [3.05, 3.63) is 22.7 Å². The second-order valence-electron chi connectivity index (χ2n) is 7.43. The summed E-state index contributed by atoms with van der Waals surface area (Å²) in [6.45, 7) is 8.59. The zero-order valence-corrected chi connectivity index (χ0v) is 15.9. The Bertz CT molecular complexity index is 599. The van der Waals surface area contributed by atoms with Gasteiger partial charge in [-0.25, -0.2) is 0 Å². The van der Waals surface area contributed by atoms with Crippen LogP contribution >= 0.6 is 11.6 Å². The summed E-state index contributed by atoms with van der Waals surface area (Å²) >= 11 is 6.23. The molecule has 0 unspecified atom stereocenters. The molecule has 1 N–H and O–H groups in total. The summed E-state index contributed by atoms with van der Waals surface area (Å²) in [6, 6.07) is 3.92. The lowest BCUT2D eigenvalue weighted by Gasteiger charge is -2.26. The van der Waals surface area contributed by atoms with Gasteiger partial charge in [0.15, 0.2) is 11.5 Å². The highest BCUT2D eigenvalue weighted by Crippen LogP contribution is 2.36. The van der Waals surface area contributed by atoms with Crippen molar-refractivity contribution in [2.24, 2.45) is 5.41 Å². The Labute approximate surface area is 149 Å². The van der Waals surface area contributed by atoms with Crippen molar-refractivity contribution in [3.8, 4) is 11.5 Å². The first kappa shape index (κ1) is 18.9. The standard InChI is InChI=1S/C18H27ClN2O3/c1-18(2,3)11-21-10-13(8-16(21)22)20-9-12-6-14(19)17(24-5)15(7-12)23-4/h6-7,13,20H,8-11H2,1-5H3/t13-/m0/s1. The van der Waals surface area contributed by atoms with Crippen LogP contribution in [-0.4, -0.2) is 44.2 Å². The Kier molecular flexibility index (Phi) is 5.99. The van der Waals surface area contributed by atoms with Gasteiger partial charge in [-0.2, -0.15) is 0 Å². The Morgan fingerprint density at radius 3 is 2.58 bits per heavy atom. The van der Waals surface area contributed by atoms with E-state index in [4.69, 9.17) is 21.1 Å². The van der Waals surface area contributed by atoms with Gasteiger partial charge < -0.3 is 19.7 Å². The molecule has 1 aliphatic heterocycles. The van der Waals surface area contributed by atoms with Crippen LogP contribution in [0.2, 0.25) is 5.02 Å². The molecule has 1 saturated heterocycles. The number of hydrogen-bond acceptors (Lipinski definition) is 4. The summed E-state index contributed by atoms with van der Waals surface area (Å²) in [4.78, 5) is 14.1. The minimum Gasteiger partial charge on any atom is -0.493 e. The molecule has 1 aromatic rings. The number of carbonyl (C=O) groups is 1. The van der Waals surface area contributed by atoms with Gasteiger partial charge in [-0.15, -0.1) is 0 Å². The molecular weight excluding hydrogens is 328 g/mol. The third-order valence-electron chi connectivity index (χ3n) is 3.97. The lowest BCUT2D eigenvalue weighted by Crippen LogP contribution is -2.36. The van der Waals surface area contributed by atoms with E-state index in [9.17, 15) is 4.79 Å². The Hall–Kier alpha value is -1.46. The van der Waals surface area contributed by atoms with E-state index in [0.717, 1.165) is 18.7 Å². The second kappa shape index (κ2) is 7.62. The van der Waals surface area contributed by atoms with Gasteiger partial charge >= 0.3 is 0 Å². The Balaban J connectivity index is 1.97. The Morgan fingerprint density at radius 1 is 1.29 bits per heavy atom. The van der Waals surface area contributed by atoms with Crippen molar-refractivity contribution < 1.29 is 14.3 Å². The maximum absolute atomic E-state index is 12.1. The van der Waals surface area contributed by atoms with Crippen molar-refractivity contribution in [3.63, 3.8) is 0 Å². The molecule has 0 aliphatic carbocycles. The van der Waals surface area contributed by atoms with Gasteiger partial charge in [0, 0.05) is 32.1 Å². The molecule has 134 valence electrons. The average molecular weight is 355 g/mol. The third kappa shape index (κ3) is 4.77. The van der Waals surface area contributed by atoms with E-state index in [0.29, 0.717) is 29.5 Å². The normalized spacial score (nSPS) is 18.2. The molecule has 1 aliphatic rings. The summed E-state index contributed by atoms with van der Waals surface area (Å²) in [7, 11) is 3.15. The van der Waals surface area contributed by atoms with Crippen molar-refractivity contribution in [2.45, 2.75) is 39.8 Å². The lowest BCUT2D eigenvalue weighted by molar-refractivity contribution is -0.128. The molecule has 5 nitrogen and oxygen atoms in total. The lowest BCUT2D eigenvalue weighted by atomic mass is 9.96. The molecule has 0 aromatic heterocycles. The molecule has 1 aromatic carbocycles. The van der Waals surface area contributed by atoms with Gasteiger partial charge in [-0.1, -0.05) is 32.4 Å². The van der Waals surface area contributed by atoms with Crippen LogP contribution in [-0.2, 0) is 11.3 Å². The molecular formula is C18H27ClN2O3. The maximum atomic E-state index is 12.1. The number of rotatable bonds is 6. The number of benzene rings is 1. The topological polar surface area (TPSA) is 50.8 Å². The predicted octanol–water partition coefficient (Wildman–Crippen LogP) is 3.09. The summed E-state index contributed by atoms with van der Waals surface area (Å²) in [5, 5.41) is 3.96. The van der Waals surface area contributed by atoms with Crippen molar-refractivity contribution >= 4 is 17.5 Å². The predicted molar refractivity (Wildman–Crippen MR) is 95.8 cm³/mol. The number of amides is 1. The summed E-state index contributed by atoms with van der Waals surface area (Å²) < 4.78 is 10.6. The number of hydrogen-bond donors (Lipinski definition) is 1. The number of carbonyl (C=O) groups excluding carboxylic acids is 1. The molecule has 1 atom stereocenters. The third-order valence-corrected chi connectivity index (χ3v) is 4.25. The summed E-state index contributed by atoms with van der Waals surface area (Å²) in [5.74, 6) is 1.36. The number of ether oxygens (including phenoxy) is 2. The minimum atomic E-state index is 0.113. The molecule has 0 radical (unpaired) electrons. The summed E-state index contributed by atoms with van der Waals surface area (Å²) in [6.07, 6.45) is 0.539. The number of nitrogens with one attached hydrogen (secondary N) is 1. The first-order chi connectivity index (χ1) is 11.2. The minimum absolute atomic E-state index is 0.113. The van der Waals surface area contributed by atoms with Gasteiger partial charge in [0.25, 0.3) is 0 Å². The molecule has 0 bridgehead atoms. The van der Waals surface area contributed by atoms with Crippen LogP contribution in [0.3, 0.4) is 0 Å². The van der Waals surface area contributed by atoms with Gasteiger partial charge in [-0.3, -0.25) is 4.79 Å². The number of halogens is 1. The second-order valence-corrected chi connectivity index (χ2v) is 7.84. The quantitative estimate of drug-likeness (QED) is 0.852. The van der Waals surface area contributed by atoms with E-state index < -0.39 is 0 Å². The van der Waals surface area contributed by atoms with Crippen LogP contribution in [0.1, 0.15) is 32.8 Å². The average Bonchev–Trinajstić information content (AvgIpc) is 2.82. The highest BCUT2D eigenvalue weighted by molar-refractivity contribution is 6.32. The molecule has 1 fully saturated rings. The molecule has 1 heterocycles. The van der Waals surface area contributed by atoms with Crippen LogP contribution in [0.4, 0.5) is 0 Å². The van der Waals surface area contributed by atoms with Crippen LogP contribution in [0.5, 0.6) is 11.5 Å². The van der Waals surface area contributed by atoms with Crippen molar-refractivity contribution in [1.29, 1.82) is 0 Å². The van der Waals surface area contributed by atoms with E-state index >= 15 is 0 Å². The van der Waals surface area contributed by atoms with Crippen molar-refractivity contribution in [2.75, 3.05) is 27.3 Å². The fourth-order valence-electron chi connectivity index (χ4n) is 2.97. The zero-order chi connectivity index (χ0) is 17.9. The fourth-order valence-corrected chi connectivity index (χ4v) is 3.28. The first-order valence-corrected chi connectivity index (χ1v) is 8.53. The van der Waals surface area contributed by atoms with Crippen LogP contribution in [0.25, 0.3) is 0 Å². The number of nitrogens with zero attached hydrogens (tertiary/aromatic N) is 1. The molecule has 1 amide bonds. The molecule has 2 rings (SSSR count). The van der Waals surface area contributed by atoms with Crippen LogP contribution in [0.15, 0.2) is 12.1 Å². The largest absolute Gasteiger partial charge is 0.493 e. The van der Waals surface area contributed by atoms with Gasteiger partial charge in [0.2, 0.25) is 5.91 Å². The van der Waals surface area contributed by atoms with Gasteiger partial charge in [0.1, 0.15) is 0 Å². The highest BCUT2D eigenvalue weighted by atomic mass is 35.5. The van der Waals surface area contributed by atoms with E-state index in [1.54, 1.807) is 14.2 Å². The number of likely N-dealkylation sites (tertiary alicyclic amines) is 1. The summed E-state index contributed by atoms with van der Waals surface area (Å²) in [5.41, 5.74) is 1.11. The van der Waals surface area contributed by atoms with E-state index in [1.807, 2.05) is 17.0 Å². The zero-order valence-electron chi connectivity index (χ0n) is 15.1. The molecule has 0 saturated carbocycles. The highest BCUT2D eigenvalue weighted by Gasteiger charge is 2.31. The van der Waals surface area contributed by atoms with Crippen molar-refractivity contribution in [1.82, 2.24) is 10.2 Å². The van der Waals surface area contributed by atoms with E-state index in [-0.39, 0.29) is 17.4 Å². The molecule has 6 heteroatoms. The SMILES string of the molecule is COc1cc(CN[C@H]2CC(=O)N(CC(C)(C)C)C2)cc(Cl)c1OC. The maximum Gasteiger partial charge on any atom is 0.224 e. The fraction of sp³-hybridized carbons (Fsp3) is 0.611. The van der Waals surface area contributed by atoms with E-state index in [1.165, 1.54) is 0 Å². The van der Waals surface area contributed by atoms with Gasteiger partial charge in [-0.05, 0) is 23.1 Å². The molecule has 0 spiro atoms. The smallest absolute Gasteiger partial charge is 0.224 e. The monoisotopic (exact) mass is 354 g/mol. The Morgan fingerprint density at radius 2 is 2.00 bits per heavy atom.